The first kappa shape index (κ1) is 18.8. The number of rotatable bonds is 6. The molecule has 0 radical (unpaired) electrons. The highest BCUT2D eigenvalue weighted by Crippen LogP contribution is 2.18. The van der Waals surface area contributed by atoms with Gasteiger partial charge in [0.15, 0.2) is 5.03 Å². The first-order valence-electron chi connectivity index (χ1n) is 8.98. The van der Waals surface area contributed by atoms with Gasteiger partial charge in [0.2, 0.25) is 0 Å². The number of hydrogen-bond acceptors (Lipinski definition) is 6. The number of piperidine rings is 1. The molecule has 1 aliphatic heterocycles. The summed E-state index contributed by atoms with van der Waals surface area (Å²) in [6, 6.07) is 2.10. The monoisotopic (exact) mass is 378 g/mol. The van der Waals surface area contributed by atoms with Gasteiger partial charge >= 0.3 is 0 Å². The van der Waals surface area contributed by atoms with Crippen molar-refractivity contribution < 1.29 is 8.42 Å². The quantitative estimate of drug-likeness (QED) is 0.827. The van der Waals surface area contributed by atoms with Gasteiger partial charge in [0, 0.05) is 37.1 Å². The van der Waals surface area contributed by atoms with Gasteiger partial charge in [-0.2, -0.15) is 0 Å². The third-order valence-electron chi connectivity index (χ3n) is 4.44. The van der Waals surface area contributed by atoms with Crippen molar-refractivity contribution in [1.82, 2.24) is 24.2 Å². The SMILES string of the molecule is Cc1cc(N2CCCCC2)nc(CNS(=O)(=O)c2cn(C(C)C)cn2)n1. The van der Waals surface area contributed by atoms with Gasteiger partial charge in [-0.3, -0.25) is 0 Å². The van der Waals surface area contributed by atoms with E-state index in [-0.39, 0.29) is 17.6 Å². The number of anilines is 1. The fourth-order valence-electron chi connectivity index (χ4n) is 2.95. The fourth-order valence-corrected chi connectivity index (χ4v) is 3.86. The molecule has 1 N–H and O–H groups in total. The van der Waals surface area contributed by atoms with Crippen LogP contribution in [0.5, 0.6) is 0 Å². The van der Waals surface area contributed by atoms with Crippen LogP contribution < -0.4 is 9.62 Å². The number of sulfonamides is 1. The lowest BCUT2D eigenvalue weighted by Crippen LogP contribution is -2.31. The Morgan fingerprint density at radius 2 is 1.92 bits per heavy atom. The summed E-state index contributed by atoms with van der Waals surface area (Å²) in [6.07, 6.45) is 6.61. The highest BCUT2D eigenvalue weighted by atomic mass is 32.2. The first-order valence-corrected chi connectivity index (χ1v) is 10.5. The molecule has 1 aliphatic rings. The van der Waals surface area contributed by atoms with Gasteiger partial charge < -0.3 is 9.47 Å². The molecular weight excluding hydrogens is 352 g/mol. The lowest BCUT2D eigenvalue weighted by molar-refractivity contribution is 0.567. The largest absolute Gasteiger partial charge is 0.357 e. The van der Waals surface area contributed by atoms with Crippen LogP contribution in [0, 0.1) is 6.92 Å². The normalized spacial score (nSPS) is 15.6. The Kier molecular flexibility index (Phi) is 5.57. The maximum Gasteiger partial charge on any atom is 0.259 e. The zero-order valence-corrected chi connectivity index (χ0v) is 16.3. The lowest BCUT2D eigenvalue weighted by Gasteiger charge is -2.28. The molecule has 3 heterocycles. The smallest absolute Gasteiger partial charge is 0.259 e. The Morgan fingerprint density at radius 3 is 2.58 bits per heavy atom. The van der Waals surface area contributed by atoms with Crippen LogP contribution in [0.3, 0.4) is 0 Å². The Labute approximate surface area is 154 Å². The zero-order valence-electron chi connectivity index (χ0n) is 15.5. The van der Waals surface area contributed by atoms with Crippen molar-refractivity contribution in [3.05, 3.63) is 30.1 Å². The second-order valence-electron chi connectivity index (χ2n) is 6.91. The van der Waals surface area contributed by atoms with E-state index in [2.05, 4.69) is 24.6 Å². The van der Waals surface area contributed by atoms with E-state index < -0.39 is 10.0 Å². The van der Waals surface area contributed by atoms with Gasteiger partial charge in [-0.05, 0) is 40.0 Å². The number of nitrogens with zero attached hydrogens (tertiary/aromatic N) is 5. The zero-order chi connectivity index (χ0) is 18.7. The molecule has 0 aromatic carbocycles. The van der Waals surface area contributed by atoms with Crippen molar-refractivity contribution in [3.63, 3.8) is 0 Å². The van der Waals surface area contributed by atoms with Crippen molar-refractivity contribution in [2.45, 2.75) is 57.6 Å². The molecule has 0 spiro atoms. The molecule has 1 fully saturated rings. The molecule has 142 valence electrons. The molecule has 3 rings (SSSR count). The maximum absolute atomic E-state index is 12.5. The number of hydrogen-bond donors (Lipinski definition) is 1. The summed E-state index contributed by atoms with van der Waals surface area (Å²) < 4.78 is 29.2. The fraction of sp³-hybridized carbons (Fsp3) is 0.588. The number of aryl methyl sites for hydroxylation is 1. The standard InChI is InChI=1S/C17H26N6O2S/c1-13(2)23-11-17(18-12-23)26(24,25)19-10-15-20-14(3)9-16(21-15)22-7-5-4-6-8-22/h9,11-13,19H,4-8,10H2,1-3H3. The average Bonchev–Trinajstić information content (AvgIpc) is 3.12. The van der Waals surface area contributed by atoms with Crippen LogP contribution in [0.25, 0.3) is 0 Å². The van der Waals surface area contributed by atoms with Crippen LogP contribution in [-0.2, 0) is 16.6 Å². The molecule has 8 nitrogen and oxygen atoms in total. The van der Waals surface area contributed by atoms with Gasteiger partial charge in [0.1, 0.15) is 11.6 Å². The van der Waals surface area contributed by atoms with Crippen LogP contribution >= 0.6 is 0 Å². The summed E-state index contributed by atoms with van der Waals surface area (Å²) in [5, 5.41) is 0.00936. The Morgan fingerprint density at radius 1 is 1.19 bits per heavy atom. The van der Waals surface area contributed by atoms with E-state index in [1.807, 2.05) is 26.8 Å². The van der Waals surface area contributed by atoms with E-state index in [0.29, 0.717) is 5.82 Å². The van der Waals surface area contributed by atoms with E-state index in [1.54, 1.807) is 4.57 Å². The molecule has 0 bridgehead atoms. The summed E-state index contributed by atoms with van der Waals surface area (Å²) in [5.41, 5.74) is 0.832. The van der Waals surface area contributed by atoms with Crippen LogP contribution in [0.4, 0.5) is 5.82 Å². The predicted octanol–water partition coefficient (Wildman–Crippen LogP) is 2.03. The van der Waals surface area contributed by atoms with Crippen LogP contribution in [0.15, 0.2) is 23.6 Å². The van der Waals surface area contributed by atoms with Crippen LogP contribution in [0.1, 0.15) is 50.7 Å². The minimum atomic E-state index is -3.70. The average molecular weight is 379 g/mol. The van der Waals surface area contributed by atoms with Crippen molar-refractivity contribution >= 4 is 15.8 Å². The minimum Gasteiger partial charge on any atom is -0.357 e. The summed E-state index contributed by atoms with van der Waals surface area (Å²) in [6.45, 7) is 7.84. The van der Waals surface area contributed by atoms with Crippen molar-refractivity contribution in [3.8, 4) is 0 Å². The van der Waals surface area contributed by atoms with E-state index in [0.717, 1.165) is 37.4 Å². The summed E-state index contributed by atoms with van der Waals surface area (Å²) in [4.78, 5) is 15.1. The molecule has 1 saturated heterocycles. The Balaban J connectivity index is 1.72. The van der Waals surface area contributed by atoms with E-state index in [1.165, 1.54) is 18.9 Å². The first-order chi connectivity index (χ1) is 12.3. The maximum atomic E-state index is 12.5. The Hall–Kier alpha value is -2.00. The number of nitrogens with one attached hydrogen (secondary N) is 1. The topological polar surface area (TPSA) is 93.0 Å². The molecule has 0 saturated carbocycles. The van der Waals surface area contributed by atoms with E-state index in [4.69, 9.17) is 0 Å². The molecule has 0 atom stereocenters. The second kappa shape index (κ2) is 7.71. The van der Waals surface area contributed by atoms with Crippen LogP contribution in [-0.4, -0.2) is 41.0 Å². The molecule has 2 aromatic rings. The third kappa shape index (κ3) is 4.39. The predicted molar refractivity (Wildman–Crippen MR) is 99.5 cm³/mol. The summed E-state index contributed by atoms with van der Waals surface area (Å²) in [5.74, 6) is 1.34. The molecule has 2 aromatic heterocycles. The van der Waals surface area contributed by atoms with Gasteiger partial charge in [0.05, 0.1) is 12.9 Å². The van der Waals surface area contributed by atoms with Gasteiger partial charge in [-0.15, -0.1) is 0 Å². The van der Waals surface area contributed by atoms with Crippen molar-refractivity contribution in [2.75, 3.05) is 18.0 Å². The van der Waals surface area contributed by atoms with Gasteiger partial charge in [-0.1, -0.05) is 0 Å². The van der Waals surface area contributed by atoms with E-state index >= 15 is 0 Å². The van der Waals surface area contributed by atoms with Crippen LogP contribution in [0.2, 0.25) is 0 Å². The minimum absolute atomic E-state index is 0.00936. The molecule has 26 heavy (non-hydrogen) atoms. The number of imidazole rings is 1. The third-order valence-corrected chi connectivity index (χ3v) is 5.72. The van der Waals surface area contributed by atoms with E-state index in [9.17, 15) is 8.42 Å². The highest BCUT2D eigenvalue weighted by molar-refractivity contribution is 7.89. The van der Waals surface area contributed by atoms with Gasteiger partial charge in [0.25, 0.3) is 10.0 Å². The molecule has 0 aliphatic carbocycles. The summed E-state index contributed by atoms with van der Waals surface area (Å²) >= 11 is 0. The molecular formula is C17H26N6O2S. The number of aromatic nitrogens is 4. The molecule has 9 heteroatoms. The molecule has 0 amide bonds. The highest BCUT2D eigenvalue weighted by Gasteiger charge is 2.19. The van der Waals surface area contributed by atoms with Crippen molar-refractivity contribution in [1.29, 1.82) is 0 Å². The summed E-state index contributed by atoms with van der Waals surface area (Å²) in [7, 11) is -3.70. The van der Waals surface area contributed by atoms with Gasteiger partial charge in [-0.25, -0.2) is 28.1 Å². The lowest BCUT2D eigenvalue weighted by atomic mass is 10.1. The van der Waals surface area contributed by atoms with Crippen molar-refractivity contribution in [2.24, 2.45) is 0 Å². The Bertz CT molecular complexity index is 856. The molecule has 0 unspecified atom stereocenters. The second-order valence-corrected chi connectivity index (χ2v) is 8.62.